The Kier molecular flexibility index (Phi) is 7.36. The van der Waals surface area contributed by atoms with Crippen LogP contribution in [-0.2, 0) is 4.79 Å². The smallest absolute Gasteiger partial charge is 0.226 e. The molecule has 4 atom stereocenters. The van der Waals surface area contributed by atoms with Crippen LogP contribution in [0.3, 0.4) is 0 Å². The number of carbonyl (C=O) groups is 1. The van der Waals surface area contributed by atoms with E-state index in [4.69, 9.17) is 11.6 Å². The molecular formula is C27H29ClN6O3. The van der Waals surface area contributed by atoms with E-state index in [1.54, 1.807) is 17.8 Å². The number of aliphatic hydroxyl groups excluding tert-OH is 2. The van der Waals surface area contributed by atoms with Crippen molar-refractivity contribution in [3.63, 3.8) is 0 Å². The molecule has 0 bridgehead atoms. The first kappa shape index (κ1) is 25.1. The molecule has 192 valence electrons. The predicted molar refractivity (Wildman–Crippen MR) is 141 cm³/mol. The summed E-state index contributed by atoms with van der Waals surface area (Å²) in [7, 11) is 0. The lowest BCUT2D eigenvalue weighted by Gasteiger charge is -2.20. The summed E-state index contributed by atoms with van der Waals surface area (Å²) in [6, 6.07) is 19.3. The quantitative estimate of drug-likeness (QED) is 0.263. The summed E-state index contributed by atoms with van der Waals surface area (Å²) in [5.41, 5.74) is 3.27. The topological polar surface area (TPSA) is 125 Å². The molecule has 10 heteroatoms. The monoisotopic (exact) mass is 520 g/mol. The van der Waals surface area contributed by atoms with Crippen LogP contribution in [0.15, 0.2) is 67.0 Å². The van der Waals surface area contributed by atoms with Gasteiger partial charge in [0.2, 0.25) is 11.2 Å². The van der Waals surface area contributed by atoms with Gasteiger partial charge in [0.25, 0.3) is 0 Å². The summed E-state index contributed by atoms with van der Waals surface area (Å²) >= 11 is 6.32. The molecule has 1 fully saturated rings. The molecule has 2 aromatic heterocycles. The van der Waals surface area contributed by atoms with E-state index < -0.39 is 24.3 Å². The molecular weight excluding hydrogens is 492 g/mol. The van der Waals surface area contributed by atoms with Gasteiger partial charge in [-0.3, -0.25) is 4.79 Å². The van der Waals surface area contributed by atoms with Crippen LogP contribution >= 0.6 is 11.6 Å². The average molecular weight is 521 g/mol. The van der Waals surface area contributed by atoms with Crippen LogP contribution in [0.1, 0.15) is 42.9 Å². The van der Waals surface area contributed by atoms with Gasteiger partial charge in [-0.1, -0.05) is 67.6 Å². The maximum Gasteiger partial charge on any atom is 0.226 e. The minimum absolute atomic E-state index is 0.0385. The zero-order valence-corrected chi connectivity index (χ0v) is 21.1. The van der Waals surface area contributed by atoms with E-state index in [2.05, 4.69) is 49.9 Å². The third kappa shape index (κ3) is 5.16. The summed E-state index contributed by atoms with van der Waals surface area (Å²) in [4.78, 5) is 25.2. The van der Waals surface area contributed by atoms with E-state index >= 15 is 0 Å². The lowest BCUT2D eigenvalue weighted by atomic mass is 9.91. The van der Waals surface area contributed by atoms with Crippen molar-refractivity contribution < 1.29 is 15.0 Å². The van der Waals surface area contributed by atoms with Gasteiger partial charge in [-0.25, -0.2) is 4.98 Å². The number of nitrogens with zero attached hydrogens (tertiary/aromatic N) is 4. The van der Waals surface area contributed by atoms with Crippen molar-refractivity contribution in [1.82, 2.24) is 24.8 Å². The molecule has 0 spiro atoms. The minimum atomic E-state index is -1.11. The molecule has 2 heterocycles. The Balaban J connectivity index is 1.43. The Bertz CT molecular complexity index is 1330. The highest BCUT2D eigenvalue weighted by Gasteiger charge is 2.43. The Morgan fingerprint density at radius 3 is 2.32 bits per heavy atom. The molecule has 1 aliphatic carbocycles. The van der Waals surface area contributed by atoms with Crippen molar-refractivity contribution in [3.8, 4) is 0 Å². The highest BCUT2D eigenvalue weighted by Crippen LogP contribution is 2.35. The number of fused-ring (bicyclic) bond motifs is 1. The molecule has 37 heavy (non-hydrogen) atoms. The SMILES string of the molecule is CCC(=O)N[C@H]1C[C@@H](n2cnc3c(NCC(c4ccccc4)c4ccccc4)nc(Cl)nc32)[C@H](O)[C@@H]1O. The van der Waals surface area contributed by atoms with Crippen LogP contribution in [0.25, 0.3) is 11.2 Å². The summed E-state index contributed by atoms with van der Waals surface area (Å²) in [6.07, 6.45) is -0.0237. The Morgan fingerprint density at radius 1 is 1.05 bits per heavy atom. The number of aliphatic hydroxyl groups is 2. The van der Waals surface area contributed by atoms with E-state index in [1.807, 2.05) is 36.4 Å². The van der Waals surface area contributed by atoms with Gasteiger partial charge >= 0.3 is 0 Å². The number of nitrogens with one attached hydrogen (secondary N) is 2. The number of amides is 1. The highest BCUT2D eigenvalue weighted by atomic mass is 35.5. The summed E-state index contributed by atoms with van der Waals surface area (Å²) in [6.45, 7) is 2.28. The molecule has 1 saturated carbocycles. The first-order chi connectivity index (χ1) is 18.0. The standard InChI is InChI=1S/C27H29ClN6O3/c1-2-21(35)31-19-13-20(24(37)23(19)36)34-15-30-22-25(32-27(28)33-26(22)34)29-14-18(16-9-5-3-6-10-16)17-11-7-4-8-12-17/h3-12,15,18-20,23-24,36-37H,2,13-14H2,1H3,(H,31,35)(H,29,32,33)/t19-,20+,23+,24-/m0/s1. The number of halogens is 1. The second-order valence-electron chi connectivity index (χ2n) is 9.23. The zero-order valence-electron chi connectivity index (χ0n) is 20.3. The van der Waals surface area contributed by atoms with Crippen LogP contribution in [0.5, 0.6) is 0 Å². The van der Waals surface area contributed by atoms with Gasteiger partial charge in [-0.2, -0.15) is 9.97 Å². The van der Waals surface area contributed by atoms with Gasteiger partial charge in [0, 0.05) is 18.9 Å². The number of hydrogen-bond acceptors (Lipinski definition) is 7. The van der Waals surface area contributed by atoms with Crippen molar-refractivity contribution in [3.05, 3.63) is 83.4 Å². The molecule has 0 saturated heterocycles. The van der Waals surface area contributed by atoms with Crippen LogP contribution < -0.4 is 10.6 Å². The summed E-state index contributed by atoms with van der Waals surface area (Å²) < 4.78 is 1.70. The van der Waals surface area contributed by atoms with Crippen LogP contribution in [0.4, 0.5) is 5.82 Å². The lowest BCUT2D eigenvalue weighted by molar-refractivity contribution is -0.122. The number of imidazole rings is 1. The Hall–Kier alpha value is -3.53. The fraction of sp³-hybridized carbons (Fsp3) is 0.333. The molecule has 5 rings (SSSR count). The second kappa shape index (κ2) is 10.8. The third-order valence-corrected chi connectivity index (χ3v) is 7.12. The molecule has 0 unspecified atom stereocenters. The summed E-state index contributed by atoms with van der Waals surface area (Å²) in [5.74, 6) is 0.355. The number of benzene rings is 2. The third-order valence-electron chi connectivity index (χ3n) is 6.95. The number of rotatable bonds is 8. The molecule has 9 nitrogen and oxygen atoms in total. The molecule has 0 aliphatic heterocycles. The molecule has 2 aromatic carbocycles. The maximum absolute atomic E-state index is 11.9. The van der Waals surface area contributed by atoms with Gasteiger partial charge in [0.05, 0.1) is 18.4 Å². The van der Waals surface area contributed by atoms with Gasteiger partial charge in [-0.15, -0.1) is 0 Å². The van der Waals surface area contributed by atoms with Crippen LogP contribution in [0.2, 0.25) is 5.28 Å². The highest BCUT2D eigenvalue weighted by molar-refractivity contribution is 6.28. The van der Waals surface area contributed by atoms with Crippen molar-refractivity contribution in [2.45, 2.75) is 50.0 Å². The molecule has 1 amide bonds. The van der Waals surface area contributed by atoms with Gasteiger partial charge in [0.1, 0.15) is 12.2 Å². The maximum atomic E-state index is 11.9. The van der Waals surface area contributed by atoms with Gasteiger partial charge in [-0.05, 0) is 29.1 Å². The van der Waals surface area contributed by atoms with Crippen molar-refractivity contribution in [1.29, 1.82) is 0 Å². The largest absolute Gasteiger partial charge is 0.388 e. The van der Waals surface area contributed by atoms with E-state index in [0.717, 1.165) is 11.1 Å². The molecule has 1 aliphatic rings. The van der Waals surface area contributed by atoms with Crippen molar-refractivity contribution in [2.24, 2.45) is 0 Å². The second-order valence-corrected chi connectivity index (χ2v) is 9.57. The number of anilines is 1. The number of hydrogen-bond donors (Lipinski definition) is 4. The first-order valence-corrected chi connectivity index (χ1v) is 12.7. The Labute approximate surface area is 219 Å². The summed E-state index contributed by atoms with van der Waals surface area (Å²) in [5, 5.41) is 27.5. The van der Waals surface area contributed by atoms with Crippen LogP contribution in [0, 0.1) is 0 Å². The van der Waals surface area contributed by atoms with Gasteiger partial charge < -0.3 is 25.4 Å². The minimum Gasteiger partial charge on any atom is -0.388 e. The average Bonchev–Trinajstić information content (AvgIpc) is 3.46. The Morgan fingerprint density at radius 2 is 1.70 bits per heavy atom. The van der Waals surface area contributed by atoms with E-state index in [-0.39, 0.29) is 17.1 Å². The van der Waals surface area contributed by atoms with Gasteiger partial charge in [0.15, 0.2) is 17.0 Å². The molecule has 0 radical (unpaired) electrons. The molecule has 4 N–H and O–H groups in total. The normalized spacial score (nSPS) is 21.4. The fourth-order valence-corrected chi connectivity index (χ4v) is 5.15. The van der Waals surface area contributed by atoms with E-state index in [0.29, 0.717) is 36.4 Å². The van der Waals surface area contributed by atoms with Crippen molar-refractivity contribution >= 4 is 34.5 Å². The van der Waals surface area contributed by atoms with Crippen LogP contribution in [-0.4, -0.2) is 60.4 Å². The first-order valence-electron chi connectivity index (χ1n) is 12.4. The zero-order chi connectivity index (χ0) is 25.9. The fourth-order valence-electron chi connectivity index (χ4n) is 4.99. The predicted octanol–water partition coefficient (Wildman–Crippen LogP) is 3.29. The van der Waals surface area contributed by atoms with E-state index in [1.165, 1.54) is 0 Å². The lowest BCUT2D eigenvalue weighted by Crippen LogP contribution is -2.42. The number of aromatic nitrogens is 4. The van der Waals surface area contributed by atoms with E-state index in [9.17, 15) is 15.0 Å². The van der Waals surface area contributed by atoms with Crippen molar-refractivity contribution in [2.75, 3.05) is 11.9 Å². The number of carbonyl (C=O) groups excluding carboxylic acids is 1. The molecule has 4 aromatic rings.